The fourth-order valence-electron chi connectivity index (χ4n) is 3.53. The number of unbranched alkanes of at least 4 members (excludes halogenated alkanes) is 1. The topological polar surface area (TPSA) is 86.9 Å². The highest BCUT2D eigenvalue weighted by molar-refractivity contribution is 5.76. The number of carbonyl (C=O) groups excluding carboxylic acids is 1. The molecule has 0 aromatic heterocycles. The Labute approximate surface area is 182 Å². The van der Waals surface area contributed by atoms with Crippen molar-refractivity contribution >= 4 is 11.9 Å². The number of halogens is 3. The number of carboxylic acids is 1. The molecule has 31 heavy (non-hydrogen) atoms. The van der Waals surface area contributed by atoms with Crippen LogP contribution < -0.4 is 5.73 Å². The number of hydrogen-bond acceptors (Lipinski definition) is 4. The minimum atomic E-state index is -5.08. The Bertz CT molecular complexity index is 648. The molecular formula is C22H34F3N3O3. The van der Waals surface area contributed by atoms with Gasteiger partial charge in [-0.15, -0.1) is 0 Å². The monoisotopic (exact) mass is 445 g/mol. The van der Waals surface area contributed by atoms with Gasteiger partial charge in [-0.1, -0.05) is 37.3 Å². The Morgan fingerprint density at radius 2 is 1.74 bits per heavy atom. The third kappa shape index (κ3) is 10.6. The normalized spacial score (nSPS) is 15.1. The number of nitrogens with two attached hydrogens (primary N) is 1. The Morgan fingerprint density at radius 3 is 2.23 bits per heavy atom. The summed E-state index contributed by atoms with van der Waals surface area (Å²) in [5.74, 6) is -2.46. The maximum absolute atomic E-state index is 12.3. The van der Waals surface area contributed by atoms with Crippen molar-refractivity contribution in [3.8, 4) is 0 Å². The van der Waals surface area contributed by atoms with Crippen molar-refractivity contribution in [1.82, 2.24) is 9.80 Å². The summed E-state index contributed by atoms with van der Waals surface area (Å²) in [6.07, 6.45) is 0.864. The summed E-state index contributed by atoms with van der Waals surface area (Å²) < 4.78 is 31.7. The number of alkyl halides is 3. The van der Waals surface area contributed by atoms with Crippen molar-refractivity contribution < 1.29 is 27.9 Å². The van der Waals surface area contributed by atoms with E-state index < -0.39 is 12.1 Å². The third-order valence-electron chi connectivity index (χ3n) is 5.28. The number of piperidine rings is 1. The van der Waals surface area contributed by atoms with E-state index in [2.05, 4.69) is 40.1 Å². The quantitative estimate of drug-likeness (QED) is 0.570. The molecule has 0 spiro atoms. The lowest BCUT2D eigenvalue weighted by atomic mass is 10.0. The van der Waals surface area contributed by atoms with Gasteiger partial charge in [-0.2, -0.15) is 13.2 Å². The molecule has 0 atom stereocenters. The van der Waals surface area contributed by atoms with Crippen LogP contribution in [0.25, 0.3) is 0 Å². The number of likely N-dealkylation sites (tertiary alicyclic amines) is 1. The number of rotatable bonds is 9. The van der Waals surface area contributed by atoms with Gasteiger partial charge in [0.2, 0.25) is 5.91 Å². The summed E-state index contributed by atoms with van der Waals surface area (Å²) in [4.78, 5) is 25.8. The molecule has 1 aromatic rings. The molecule has 3 N–H and O–H groups in total. The van der Waals surface area contributed by atoms with Crippen LogP contribution in [0.5, 0.6) is 0 Å². The second-order valence-electron chi connectivity index (χ2n) is 7.55. The first-order chi connectivity index (χ1) is 14.7. The molecule has 1 aliphatic heterocycles. The molecule has 0 unspecified atom stereocenters. The molecule has 1 amide bonds. The number of carbonyl (C=O) groups is 2. The molecule has 176 valence electrons. The number of amides is 1. The minimum absolute atomic E-state index is 0.301. The van der Waals surface area contributed by atoms with E-state index >= 15 is 0 Å². The van der Waals surface area contributed by atoms with Gasteiger partial charge in [0.25, 0.3) is 0 Å². The molecule has 1 saturated heterocycles. The van der Waals surface area contributed by atoms with Crippen LogP contribution in [0.3, 0.4) is 0 Å². The largest absolute Gasteiger partial charge is 0.490 e. The predicted molar refractivity (Wildman–Crippen MR) is 114 cm³/mol. The summed E-state index contributed by atoms with van der Waals surface area (Å²) in [5.41, 5.74) is 7.00. The van der Waals surface area contributed by atoms with Gasteiger partial charge in [-0.3, -0.25) is 4.79 Å². The lowest BCUT2D eigenvalue weighted by Gasteiger charge is -2.38. The minimum Gasteiger partial charge on any atom is -0.475 e. The number of nitrogens with zero attached hydrogens (tertiary/aromatic N) is 2. The Balaban J connectivity index is 0.000000592. The zero-order valence-corrected chi connectivity index (χ0v) is 18.1. The molecule has 2 rings (SSSR count). The fraction of sp³-hybridized carbons (Fsp3) is 0.636. The number of hydrogen-bond donors (Lipinski definition) is 2. The van der Waals surface area contributed by atoms with Gasteiger partial charge >= 0.3 is 12.1 Å². The van der Waals surface area contributed by atoms with Crippen LogP contribution in [-0.4, -0.2) is 71.7 Å². The molecular weight excluding hydrogens is 411 g/mol. The zero-order chi connectivity index (χ0) is 23.3. The van der Waals surface area contributed by atoms with Crippen molar-refractivity contribution in [3.63, 3.8) is 0 Å². The van der Waals surface area contributed by atoms with E-state index in [-0.39, 0.29) is 0 Å². The van der Waals surface area contributed by atoms with Crippen molar-refractivity contribution in [2.75, 3.05) is 32.7 Å². The fourth-order valence-corrected chi connectivity index (χ4v) is 3.53. The smallest absolute Gasteiger partial charge is 0.475 e. The third-order valence-corrected chi connectivity index (χ3v) is 5.28. The highest BCUT2D eigenvalue weighted by Gasteiger charge is 2.38. The molecule has 9 heteroatoms. The van der Waals surface area contributed by atoms with Crippen LogP contribution in [0.4, 0.5) is 13.2 Å². The summed E-state index contributed by atoms with van der Waals surface area (Å²) in [6, 6.07) is 11.1. The van der Waals surface area contributed by atoms with Crippen LogP contribution in [0.2, 0.25) is 0 Å². The zero-order valence-electron chi connectivity index (χ0n) is 18.1. The lowest BCUT2D eigenvalue weighted by molar-refractivity contribution is -0.192. The summed E-state index contributed by atoms with van der Waals surface area (Å²) in [6.45, 7) is 6.87. The van der Waals surface area contributed by atoms with Crippen LogP contribution in [0, 0.1) is 0 Å². The van der Waals surface area contributed by atoms with Crippen molar-refractivity contribution in [2.24, 2.45) is 5.73 Å². The summed E-state index contributed by atoms with van der Waals surface area (Å²) in [7, 11) is 0. The summed E-state index contributed by atoms with van der Waals surface area (Å²) >= 11 is 0. The maximum Gasteiger partial charge on any atom is 0.490 e. The SMILES string of the molecule is CCC(=O)N(CCCCN)C1CCN(CCc2ccccc2)CC1.O=C(O)C(F)(F)F. The molecule has 1 heterocycles. The molecule has 1 aromatic carbocycles. The van der Waals surface area contributed by atoms with E-state index in [1.54, 1.807) is 0 Å². The first kappa shape index (κ1) is 26.9. The lowest BCUT2D eigenvalue weighted by Crippen LogP contribution is -2.48. The second kappa shape index (κ2) is 14.0. The standard InChI is InChI=1S/C20H33N3O.C2HF3O2/c1-2-20(24)23(14-7-6-13-21)19-11-16-22(17-12-19)15-10-18-8-4-3-5-9-18;3-2(4,5)1(6)7/h3-5,8-9,19H,2,6-7,10-17,21H2,1H3;(H,6,7). The van der Waals surface area contributed by atoms with Gasteiger partial charge in [0.05, 0.1) is 0 Å². The summed E-state index contributed by atoms with van der Waals surface area (Å²) in [5, 5.41) is 7.12. The van der Waals surface area contributed by atoms with E-state index in [1.165, 1.54) is 5.56 Å². The van der Waals surface area contributed by atoms with E-state index in [4.69, 9.17) is 15.6 Å². The molecule has 6 nitrogen and oxygen atoms in total. The molecule has 1 fully saturated rings. The predicted octanol–water partition coefficient (Wildman–Crippen LogP) is 3.30. The molecule has 1 aliphatic rings. The Kier molecular flexibility index (Phi) is 12.2. The highest BCUT2D eigenvalue weighted by Crippen LogP contribution is 2.19. The van der Waals surface area contributed by atoms with E-state index in [1.807, 2.05) is 6.92 Å². The molecule has 0 radical (unpaired) electrons. The second-order valence-corrected chi connectivity index (χ2v) is 7.55. The first-order valence-corrected chi connectivity index (χ1v) is 10.7. The van der Waals surface area contributed by atoms with Gasteiger partial charge in [0.1, 0.15) is 0 Å². The van der Waals surface area contributed by atoms with Gasteiger partial charge in [0, 0.05) is 38.6 Å². The van der Waals surface area contributed by atoms with Gasteiger partial charge in [-0.05, 0) is 44.2 Å². The average molecular weight is 446 g/mol. The Hall–Kier alpha value is -2.13. The van der Waals surface area contributed by atoms with Crippen molar-refractivity contribution in [1.29, 1.82) is 0 Å². The number of benzene rings is 1. The van der Waals surface area contributed by atoms with E-state index in [0.29, 0.717) is 24.9 Å². The molecule has 0 aliphatic carbocycles. The molecule has 0 saturated carbocycles. The first-order valence-electron chi connectivity index (χ1n) is 10.7. The highest BCUT2D eigenvalue weighted by atomic mass is 19.4. The van der Waals surface area contributed by atoms with Crippen LogP contribution in [0.1, 0.15) is 44.6 Å². The van der Waals surface area contributed by atoms with Crippen LogP contribution >= 0.6 is 0 Å². The molecule has 0 bridgehead atoms. The van der Waals surface area contributed by atoms with Crippen molar-refractivity contribution in [3.05, 3.63) is 35.9 Å². The Morgan fingerprint density at radius 1 is 1.16 bits per heavy atom. The van der Waals surface area contributed by atoms with E-state index in [0.717, 1.165) is 58.3 Å². The van der Waals surface area contributed by atoms with Gasteiger partial charge in [0.15, 0.2) is 0 Å². The number of carboxylic acid groups (broad SMARTS) is 1. The van der Waals surface area contributed by atoms with E-state index in [9.17, 15) is 18.0 Å². The maximum atomic E-state index is 12.3. The van der Waals surface area contributed by atoms with Gasteiger partial charge in [-0.25, -0.2) is 4.79 Å². The van der Waals surface area contributed by atoms with Crippen molar-refractivity contribution in [2.45, 2.75) is 57.7 Å². The average Bonchev–Trinajstić information content (AvgIpc) is 2.76. The van der Waals surface area contributed by atoms with Crippen LogP contribution in [0.15, 0.2) is 30.3 Å². The number of aliphatic carboxylic acids is 1. The van der Waals surface area contributed by atoms with Gasteiger partial charge < -0.3 is 20.6 Å². The van der Waals surface area contributed by atoms with Crippen LogP contribution in [-0.2, 0) is 16.0 Å².